The number of hydrogen-bond donors (Lipinski definition) is 1. The summed E-state index contributed by atoms with van der Waals surface area (Å²) in [6.45, 7) is 1.83. The standard InChI is InChI=1S/C20H18N4O4/c1-13-15(20(26)24(23-13)14-7-3-2-4-8-14)11-21-22-19(25)18-12-27-16-9-5-6-10-17(16)28-18/h2-11,15,18H,12H2,1H3,(H,22,25). The van der Waals surface area contributed by atoms with E-state index < -0.39 is 17.9 Å². The molecular formula is C20H18N4O4. The van der Waals surface area contributed by atoms with E-state index in [2.05, 4.69) is 15.6 Å². The Morgan fingerprint density at radius 1 is 1.18 bits per heavy atom. The van der Waals surface area contributed by atoms with Gasteiger partial charge in [-0.25, -0.2) is 5.43 Å². The number of anilines is 1. The van der Waals surface area contributed by atoms with E-state index in [9.17, 15) is 9.59 Å². The number of benzene rings is 2. The van der Waals surface area contributed by atoms with Gasteiger partial charge in [0.05, 0.1) is 11.4 Å². The number of amides is 2. The number of hydrazone groups is 2. The number of ether oxygens (including phenoxy) is 2. The maximum Gasteiger partial charge on any atom is 0.284 e. The van der Waals surface area contributed by atoms with E-state index in [4.69, 9.17) is 9.47 Å². The fourth-order valence-electron chi connectivity index (χ4n) is 2.90. The van der Waals surface area contributed by atoms with Gasteiger partial charge in [0.2, 0.25) is 6.10 Å². The summed E-state index contributed by atoms with van der Waals surface area (Å²) in [5, 5.41) is 9.55. The molecule has 2 unspecified atom stereocenters. The van der Waals surface area contributed by atoms with Crippen molar-refractivity contribution in [2.75, 3.05) is 11.6 Å². The van der Waals surface area contributed by atoms with Crippen molar-refractivity contribution in [2.45, 2.75) is 13.0 Å². The molecule has 2 heterocycles. The molecule has 0 spiro atoms. The zero-order valence-corrected chi connectivity index (χ0v) is 15.1. The number of para-hydroxylation sites is 3. The first-order chi connectivity index (χ1) is 13.6. The first-order valence-corrected chi connectivity index (χ1v) is 8.79. The lowest BCUT2D eigenvalue weighted by molar-refractivity contribution is -0.130. The molecule has 0 bridgehead atoms. The van der Waals surface area contributed by atoms with Crippen LogP contribution in [0.5, 0.6) is 11.5 Å². The third-order valence-corrected chi connectivity index (χ3v) is 4.38. The van der Waals surface area contributed by atoms with Crippen LogP contribution in [0.4, 0.5) is 5.69 Å². The first kappa shape index (κ1) is 17.7. The van der Waals surface area contributed by atoms with Gasteiger partial charge < -0.3 is 9.47 Å². The predicted octanol–water partition coefficient (Wildman–Crippen LogP) is 1.97. The summed E-state index contributed by atoms with van der Waals surface area (Å²) in [6, 6.07) is 16.3. The van der Waals surface area contributed by atoms with Crippen molar-refractivity contribution in [3.63, 3.8) is 0 Å². The van der Waals surface area contributed by atoms with Crippen LogP contribution in [0.2, 0.25) is 0 Å². The van der Waals surface area contributed by atoms with E-state index in [-0.39, 0.29) is 12.5 Å². The molecule has 8 nitrogen and oxygen atoms in total. The average Bonchev–Trinajstić information content (AvgIpc) is 3.02. The Bertz CT molecular complexity index is 958. The molecule has 2 aromatic carbocycles. The molecule has 0 aliphatic carbocycles. The number of hydrogen-bond acceptors (Lipinski definition) is 6. The Balaban J connectivity index is 1.37. The van der Waals surface area contributed by atoms with Crippen molar-refractivity contribution in [1.29, 1.82) is 0 Å². The average molecular weight is 378 g/mol. The van der Waals surface area contributed by atoms with Gasteiger partial charge in [0.25, 0.3) is 11.8 Å². The summed E-state index contributed by atoms with van der Waals surface area (Å²) >= 11 is 0. The SMILES string of the molecule is CC1=NN(c2ccccc2)C(=O)C1C=NNC(=O)C1COc2ccccc2O1. The van der Waals surface area contributed by atoms with Crippen LogP contribution in [0.1, 0.15) is 6.92 Å². The smallest absolute Gasteiger partial charge is 0.284 e. The van der Waals surface area contributed by atoms with Gasteiger partial charge in [0, 0.05) is 6.21 Å². The summed E-state index contributed by atoms with van der Waals surface area (Å²) in [6.07, 6.45) is 0.557. The van der Waals surface area contributed by atoms with Gasteiger partial charge in [0.1, 0.15) is 12.5 Å². The lowest BCUT2D eigenvalue weighted by atomic mass is 10.1. The van der Waals surface area contributed by atoms with Gasteiger partial charge in [-0.15, -0.1) is 0 Å². The highest BCUT2D eigenvalue weighted by Gasteiger charge is 2.33. The van der Waals surface area contributed by atoms with Crippen molar-refractivity contribution in [3.05, 3.63) is 54.6 Å². The Morgan fingerprint density at radius 3 is 2.68 bits per heavy atom. The molecule has 8 heteroatoms. The van der Waals surface area contributed by atoms with E-state index in [1.165, 1.54) is 11.2 Å². The summed E-state index contributed by atoms with van der Waals surface area (Å²) in [4.78, 5) is 24.9. The molecule has 4 rings (SSSR count). The largest absolute Gasteiger partial charge is 0.485 e. The van der Waals surface area contributed by atoms with Crippen LogP contribution in [0.3, 0.4) is 0 Å². The first-order valence-electron chi connectivity index (χ1n) is 8.79. The Kier molecular flexibility index (Phi) is 4.76. The highest BCUT2D eigenvalue weighted by molar-refractivity contribution is 6.23. The lowest BCUT2D eigenvalue weighted by Crippen LogP contribution is -2.42. The van der Waals surface area contributed by atoms with Crippen molar-refractivity contribution >= 4 is 29.4 Å². The predicted molar refractivity (Wildman–Crippen MR) is 104 cm³/mol. The monoisotopic (exact) mass is 378 g/mol. The van der Waals surface area contributed by atoms with Crippen LogP contribution in [0.25, 0.3) is 0 Å². The molecule has 0 radical (unpaired) electrons. The molecule has 0 saturated heterocycles. The van der Waals surface area contributed by atoms with E-state index in [1.807, 2.05) is 24.3 Å². The molecule has 2 aromatic rings. The molecule has 0 fully saturated rings. The topological polar surface area (TPSA) is 92.6 Å². The van der Waals surface area contributed by atoms with Crippen molar-refractivity contribution in [3.8, 4) is 11.5 Å². The maximum absolute atomic E-state index is 12.6. The second kappa shape index (κ2) is 7.51. The molecule has 142 valence electrons. The van der Waals surface area contributed by atoms with Crippen LogP contribution < -0.4 is 19.9 Å². The minimum Gasteiger partial charge on any atom is -0.485 e. The van der Waals surface area contributed by atoms with Crippen LogP contribution in [0, 0.1) is 5.92 Å². The lowest BCUT2D eigenvalue weighted by Gasteiger charge is -2.24. The van der Waals surface area contributed by atoms with Gasteiger partial charge in [-0.2, -0.15) is 15.2 Å². The molecular weight excluding hydrogens is 360 g/mol. The molecule has 0 aromatic heterocycles. The summed E-state index contributed by atoms with van der Waals surface area (Å²) in [5.74, 6) is -0.215. The van der Waals surface area contributed by atoms with Crippen LogP contribution in [-0.4, -0.2) is 36.5 Å². The number of nitrogens with one attached hydrogen (secondary N) is 1. The van der Waals surface area contributed by atoms with Gasteiger partial charge in [-0.1, -0.05) is 30.3 Å². The van der Waals surface area contributed by atoms with Gasteiger partial charge >= 0.3 is 0 Å². The third-order valence-electron chi connectivity index (χ3n) is 4.38. The minimum atomic E-state index is -0.818. The molecule has 28 heavy (non-hydrogen) atoms. The van der Waals surface area contributed by atoms with Crippen molar-refractivity contribution < 1.29 is 19.1 Å². The Labute approximate surface area is 161 Å². The molecule has 2 amide bonds. The zero-order valence-electron chi connectivity index (χ0n) is 15.1. The van der Waals surface area contributed by atoms with Crippen LogP contribution in [0.15, 0.2) is 64.8 Å². The second-order valence-corrected chi connectivity index (χ2v) is 6.32. The highest BCUT2D eigenvalue weighted by Crippen LogP contribution is 2.30. The normalized spacial score (nSPS) is 21.0. The number of fused-ring (bicyclic) bond motifs is 1. The number of rotatable bonds is 4. The van der Waals surface area contributed by atoms with Gasteiger partial charge in [0.15, 0.2) is 11.5 Å². The molecule has 2 aliphatic rings. The quantitative estimate of drug-likeness (QED) is 0.650. The fraction of sp³-hybridized carbons (Fsp3) is 0.200. The summed E-state index contributed by atoms with van der Waals surface area (Å²) in [7, 11) is 0. The molecule has 2 atom stereocenters. The molecule has 0 saturated carbocycles. The number of nitrogens with zero attached hydrogens (tertiary/aromatic N) is 3. The van der Waals surface area contributed by atoms with E-state index in [1.54, 1.807) is 37.3 Å². The number of carbonyl (C=O) groups excluding carboxylic acids is 2. The second-order valence-electron chi connectivity index (χ2n) is 6.32. The summed E-state index contributed by atoms with van der Waals surface area (Å²) < 4.78 is 11.1. The van der Waals surface area contributed by atoms with E-state index in [0.717, 1.165) is 0 Å². The highest BCUT2D eigenvalue weighted by atomic mass is 16.6. The van der Waals surface area contributed by atoms with Crippen LogP contribution in [-0.2, 0) is 9.59 Å². The molecule has 1 N–H and O–H groups in total. The Hall–Kier alpha value is -3.68. The maximum atomic E-state index is 12.6. The van der Waals surface area contributed by atoms with Gasteiger partial charge in [-0.05, 0) is 31.2 Å². The number of carbonyl (C=O) groups is 2. The summed E-state index contributed by atoms with van der Waals surface area (Å²) in [5.41, 5.74) is 3.68. The minimum absolute atomic E-state index is 0.0863. The van der Waals surface area contributed by atoms with Crippen molar-refractivity contribution in [2.24, 2.45) is 16.1 Å². The van der Waals surface area contributed by atoms with E-state index >= 15 is 0 Å². The third kappa shape index (κ3) is 3.44. The van der Waals surface area contributed by atoms with Crippen LogP contribution >= 0.6 is 0 Å². The molecule has 2 aliphatic heterocycles. The van der Waals surface area contributed by atoms with Gasteiger partial charge in [-0.3, -0.25) is 9.59 Å². The zero-order chi connectivity index (χ0) is 19.5. The van der Waals surface area contributed by atoms with Crippen molar-refractivity contribution in [1.82, 2.24) is 5.43 Å². The Morgan fingerprint density at radius 2 is 1.89 bits per heavy atom. The van der Waals surface area contributed by atoms with E-state index in [0.29, 0.717) is 22.9 Å². The fourth-order valence-corrected chi connectivity index (χ4v) is 2.90.